The van der Waals surface area contributed by atoms with Crippen LogP contribution in [0.15, 0.2) is 4.99 Å². The van der Waals surface area contributed by atoms with Gasteiger partial charge in [-0.25, -0.2) is 0 Å². The number of aliphatic imine (C=N–C) groups is 1. The second-order valence-electron chi connectivity index (χ2n) is 4.93. The molecule has 0 bridgehead atoms. The van der Waals surface area contributed by atoms with Crippen LogP contribution < -0.4 is 27.8 Å². The van der Waals surface area contributed by atoms with Crippen molar-refractivity contribution in [1.29, 1.82) is 0 Å². The molecular weight excluding hydrogens is 418 g/mol. The van der Waals surface area contributed by atoms with E-state index in [2.05, 4.69) is 15.6 Å². The van der Waals surface area contributed by atoms with Crippen molar-refractivity contribution in [2.45, 2.75) is 42.0 Å². The Balaban J connectivity index is 2.15. The van der Waals surface area contributed by atoms with E-state index in [9.17, 15) is 9.59 Å². The summed E-state index contributed by atoms with van der Waals surface area (Å²) in [4.78, 5) is 27.4. The molecule has 8 nitrogen and oxygen atoms in total. The molecule has 8 N–H and O–H groups in total. The molecule has 0 aromatic carbocycles. The molecular formula is C12H24N6O2Se2. The standard InChI is InChI=1S/C12H24N6O2Se2/c13-9(2-1-4-16-12(14)15)11(20)17-6-10(19)18-8-3-5-21-22-7-8/h8-9H,1-7,13H2,(H,17,20)(H,18,19)(H4,14,15,16)/t8-,9-/m0/s1. The Morgan fingerprint density at radius 3 is 2.73 bits per heavy atom. The number of nitrogens with two attached hydrogens (primary N) is 3. The van der Waals surface area contributed by atoms with Crippen LogP contribution in [0.4, 0.5) is 0 Å². The van der Waals surface area contributed by atoms with Crippen LogP contribution in [0.2, 0.25) is 10.6 Å². The van der Waals surface area contributed by atoms with E-state index < -0.39 is 6.04 Å². The van der Waals surface area contributed by atoms with Gasteiger partial charge in [0.05, 0.1) is 0 Å². The van der Waals surface area contributed by atoms with E-state index in [0.29, 0.717) is 32.5 Å². The second kappa shape index (κ2) is 10.9. The van der Waals surface area contributed by atoms with Crippen LogP contribution in [0, 0.1) is 0 Å². The summed E-state index contributed by atoms with van der Waals surface area (Å²) < 4.78 is 0. The molecule has 0 aromatic rings. The molecule has 126 valence electrons. The molecule has 1 aliphatic rings. The molecule has 0 aromatic heterocycles. The summed E-state index contributed by atoms with van der Waals surface area (Å²) in [6.07, 6.45) is 2.15. The predicted molar refractivity (Wildman–Crippen MR) is 88.6 cm³/mol. The van der Waals surface area contributed by atoms with Crippen molar-refractivity contribution in [3.8, 4) is 0 Å². The van der Waals surface area contributed by atoms with Gasteiger partial charge in [-0.1, -0.05) is 0 Å². The molecule has 1 aliphatic heterocycles. The third-order valence-electron chi connectivity index (χ3n) is 2.99. The zero-order valence-electron chi connectivity index (χ0n) is 12.4. The van der Waals surface area contributed by atoms with E-state index in [1.807, 2.05) is 0 Å². The molecule has 0 spiro atoms. The average Bonchev–Trinajstić information content (AvgIpc) is 2.49. The zero-order valence-corrected chi connectivity index (χ0v) is 15.8. The van der Waals surface area contributed by atoms with Crippen molar-refractivity contribution < 1.29 is 9.59 Å². The predicted octanol–water partition coefficient (Wildman–Crippen LogP) is -2.47. The van der Waals surface area contributed by atoms with Gasteiger partial charge in [-0.05, 0) is 0 Å². The van der Waals surface area contributed by atoms with E-state index in [1.54, 1.807) is 0 Å². The Kier molecular flexibility index (Phi) is 9.50. The van der Waals surface area contributed by atoms with Crippen LogP contribution in [-0.4, -0.2) is 69.2 Å². The van der Waals surface area contributed by atoms with E-state index in [1.165, 1.54) is 5.32 Å². The number of amides is 2. The molecule has 1 rings (SSSR count). The Hall–Kier alpha value is -0.791. The molecule has 0 radical (unpaired) electrons. The second-order valence-corrected chi connectivity index (χ2v) is 12.6. The van der Waals surface area contributed by atoms with Gasteiger partial charge in [-0.3, -0.25) is 0 Å². The Morgan fingerprint density at radius 1 is 1.32 bits per heavy atom. The van der Waals surface area contributed by atoms with Crippen molar-refractivity contribution in [3.05, 3.63) is 0 Å². The minimum absolute atomic E-state index is 0.0188. The van der Waals surface area contributed by atoms with Gasteiger partial charge >= 0.3 is 124 Å². The first-order valence-corrected chi connectivity index (χ1v) is 13.9. The monoisotopic (exact) mass is 444 g/mol. The Labute approximate surface area is 141 Å². The molecule has 1 fully saturated rings. The van der Waals surface area contributed by atoms with Crippen LogP contribution in [0.1, 0.15) is 19.3 Å². The van der Waals surface area contributed by atoms with Crippen molar-refractivity contribution in [2.24, 2.45) is 22.2 Å². The van der Waals surface area contributed by atoms with Crippen molar-refractivity contribution in [2.75, 3.05) is 13.1 Å². The van der Waals surface area contributed by atoms with Gasteiger partial charge in [0.2, 0.25) is 0 Å². The van der Waals surface area contributed by atoms with E-state index >= 15 is 0 Å². The fraction of sp³-hybridized carbons (Fsp3) is 0.750. The number of nitrogens with one attached hydrogen (secondary N) is 2. The number of carbonyl (C=O) groups excluding carboxylic acids is 2. The summed E-state index contributed by atoms with van der Waals surface area (Å²) in [6.45, 7) is 0.420. The van der Waals surface area contributed by atoms with E-state index in [4.69, 9.17) is 17.2 Å². The van der Waals surface area contributed by atoms with Crippen LogP contribution in [0.25, 0.3) is 0 Å². The average molecular weight is 442 g/mol. The van der Waals surface area contributed by atoms with Crippen LogP contribution in [0.5, 0.6) is 0 Å². The van der Waals surface area contributed by atoms with Crippen molar-refractivity contribution in [1.82, 2.24) is 10.6 Å². The van der Waals surface area contributed by atoms with Gasteiger partial charge in [-0.15, -0.1) is 0 Å². The van der Waals surface area contributed by atoms with Crippen LogP contribution >= 0.6 is 0 Å². The SMILES string of the molecule is NC(N)=NCCC[C@H](N)C(=O)NCC(=O)N[C@H]1CC[Se][Se]C1. The molecule has 0 unspecified atom stereocenters. The maximum absolute atomic E-state index is 11.8. The third-order valence-corrected chi connectivity index (χ3v) is 10.4. The zero-order chi connectivity index (χ0) is 16.4. The van der Waals surface area contributed by atoms with Gasteiger partial charge in [-0.2, -0.15) is 0 Å². The topological polar surface area (TPSA) is 149 Å². The number of rotatable bonds is 8. The molecule has 1 heterocycles. The summed E-state index contributed by atoms with van der Waals surface area (Å²) in [5.41, 5.74) is 16.2. The molecule has 2 amide bonds. The number of hydrogen-bond donors (Lipinski definition) is 5. The first-order valence-electron chi connectivity index (χ1n) is 7.11. The maximum atomic E-state index is 11.8. The van der Waals surface area contributed by atoms with Gasteiger partial charge < -0.3 is 11.5 Å². The molecule has 10 heteroatoms. The first kappa shape index (κ1) is 19.3. The Bertz CT molecular complexity index is 397. The number of guanidine groups is 1. The van der Waals surface area contributed by atoms with Gasteiger partial charge in [0.15, 0.2) is 5.96 Å². The summed E-state index contributed by atoms with van der Waals surface area (Å²) in [6, 6.07) is -0.365. The first-order chi connectivity index (χ1) is 10.5. The van der Waals surface area contributed by atoms with Crippen LogP contribution in [-0.2, 0) is 9.59 Å². The van der Waals surface area contributed by atoms with Gasteiger partial charge in [0.25, 0.3) is 0 Å². The van der Waals surface area contributed by atoms with Gasteiger partial charge in [0, 0.05) is 0 Å². The summed E-state index contributed by atoms with van der Waals surface area (Å²) in [7, 11) is 0. The van der Waals surface area contributed by atoms with E-state index in [-0.39, 0.29) is 30.4 Å². The van der Waals surface area contributed by atoms with E-state index in [0.717, 1.165) is 24.9 Å². The molecule has 1 saturated heterocycles. The third kappa shape index (κ3) is 8.60. The minimum atomic E-state index is -0.650. The fourth-order valence-electron chi connectivity index (χ4n) is 1.80. The quantitative estimate of drug-likeness (QED) is 0.122. The van der Waals surface area contributed by atoms with Crippen molar-refractivity contribution in [3.63, 3.8) is 0 Å². The van der Waals surface area contributed by atoms with Crippen LogP contribution in [0.3, 0.4) is 0 Å². The normalized spacial score (nSPS) is 19.0. The summed E-state index contributed by atoms with van der Waals surface area (Å²) in [5.74, 6) is -0.438. The summed E-state index contributed by atoms with van der Waals surface area (Å²) in [5, 5.41) is 7.88. The number of nitrogens with zero attached hydrogens (tertiary/aromatic N) is 1. The molecule has 0 aliphatic carbocycles. The Morgan fingerprint density at radius 2 is 2.09 bits per heavy atom. The van der Waals surface area contributed by atoms with Crippen molar-refractivity contribution >= 4 is 44.0 Å². The number of carbonyl (C=O) groups is 2. The van der Waals surface area contributed by atoms with Gasteiger partial charge in [0.1, 0.15) is 0 Å². The fourth-order valence-corrected chi connectivity index (χ4v) is 9.10. The molecule has 22 heavy (non-hydrogen) atoms. The summed E-state index contributed by atoms with van der Waals surface area (Å²) >= 11 is 1.50. The number of hydrogen-bond acceptors (Lipinski definition) is 4. The molecule has 2 atom stereocenters. The molecule has 0 saturated carbocycles.